The SMILES string of the molecule is CC(=O)OC1CC2C3CC=C4CC(O)CCC4(C)C3CCC2(C)C1C(C)C1=NCC(C)C(=O)C1. The maximum atomic E-state index is 12.5. The fourth-order valence-electron chi connectivity index (χ4n) is 9.17. The third kappa shape index (κ3) is 3.72. The van der Waals surface area contributed by atoms with E-state index in [1.54, 1.807) is 0 Å². The highest BCUT2D eigenvalue weighted by molar-refractivity contribution is 6.05. The highest BCUT2D eigenvalue weighted by Gasteiger charge is 2.63. The van der Waals surface area contributed by atoms with Gasteiger partial charge in [-0.25, -0.2) is 0 Å². The molecule has 1 heterocycles. The minimum atomic E-state index is -0.199. The van der Waals surface area contributed by atoms with Crippen LogP contribution in [0.2, 0.25) is 0 Å². The first-order valence-electron chi connectivity index (χ1n) is 13.6. The summed E-state index contributed by atoms with van der Waals surface area (Å²) in [5.74, 6) is 2.18. The second kappa shape index (κ2) is 8.57. The molecule has 0 aromatic rings. The third-order valence-corrected chi connectivity index (χ3v) is 11.0. The summed E-state index contributed by atoms with van der Waals surface area (Å²) in [6, 6.07) is 0. The van der Waals surface area contributed by atoms with E-state index in [4.69, 9.17) is 9.73 Å². The van der Waals surface area contributed by atoms with Crippen molar-refractivity contribution in [3.05, 3.63) is 11.6 Å². The first kappa shape index (κ1) is 24.2. The number of ketones is 1. The zero-order valence-corrected chi connectivity index (χ0v) is 21.7. The Morgan fingerprint density at radius 1 is 1.24 bits per heavy atom. The highest BCUT2D eigenvalue weighted by atomic mass is 16.5. The van der Waals surface area contributed by atoms with Gasteiger partial charge in [0.05, 0.1) is 6.10 Å². The van der Waals surface area contributed by atoms with E-state index in [1.807, 2.05) is 6.92 Å². The summed E-state index contributed by atoms with van der Waals surface area (Å²) in [4.78, 5) is 29.6. The molecule has 0 radical (unpaired) electrons. The quantitative estimate of drug-likeness (QED) is 0.458. The van der Waals surface area contributed by atoms with Crippen LogP contribution in [0.1, 0.15) is 86.0 Å². The molecule has 5 nitrogen and oxygen atoms in total. The van der Waals surface area contributed by atoms with Crippen LogP contribution in [0.15, 0.2) is 16.6 Å². The van der Waals surface area contributed by atoms with E-state index in [-0.39, 0.29) is 46.8 Å². The van der Waals surface area contributed by atoms with Gasteiger partial charge in [0.1, 0.15) is 11.9 Å². The molecule has 0 spiro atoms. The lowest BCUT2D eigenvalue weighted by Crippen LogP contribution is -2.51. The largest absolute Gasteiger partial charge is 0.462 e. The number of rotatable bonds is 3. The summed E-state index contributed by atoms with van der Waals surface area (Å²) in [5, 5.41) is 10.3. The number of fused-ring (bicyclic) bond motifs is 5. The van der Waals surface area contributed by atoms with Gasteiger partial charge < -0.3 is 9.84 Å². The van der Waals surface area contributed by atoms with Crippen molar-refractivity contribution in [3.8, 4) is 0 Å². The Hall–Kier alpha value is -1.49. The summed E-state index contributed by atoms with van der Waals surface area (Å²) < 4.78 is 6.04. The summed E-state index contributed by atoms with van der Waals surface area (Å²) in [7, 11) is 0. The lowest BCUT2D eigenvalue weighted by Gasteiger charge is -2.58. The lowest BCUT2D eigenvalue weighted by atomic mass is 9.47. The maximum Gasteiger partial charge on any atom is 0.302 e. The number of hydrogen-bond donors (Lipinski definition) is 1. The van der Waals surface area contributed by atoms with Crippen LogP contribution in [0.3, 0.4) is 0 Å². The fourth-order valence-corrected chi connectivity index (χ4v) is 9.17. The molecule has 0 bridgehead atoms. The molecule has 1 N–H and O–H groups in total. The van der Waals surface area contributed by atoms with E-state index in [1.165, 1.54) is 18.9 Å². The number of ether oxygens (including phenoxy) is 1. The number of Topliss-reactive ketones (excluding diaryl/α,β-unsaturated/α-hetero) is 1. The van der Waals surface area contributed by atoms with Gasteiger partial charge in [0.2, 0.25) is 0 Å². The van der Waals surface area contributed by atoms with Crippen molar-refractivity contribution in [1.82, 2.24) is 0 Å². The molecule has 5 heteroatoms. The van der Waals surface area contributed by atoms with Crippen LogP contribution in [0, 0.1) is 46.3 Å². The molecule has 10 atom stereocenters. The Kier molecular flexibility index (Phi) is 6.10. The molecular weight excluding hydrogens is 426 g/mol. The van der Waals surface area contributed by atoms with Gasteiger partial charge in [-0.05, 0) is 73.5 Å². The molecule has 1 aliphatic heterocycles. The van der Waals surface area contributed by atoms with Crippen molar-refractivity contribution in [1.29, 1.82) is 0 Å². The van der Waals surface area contributed by atoms with Crippen LogP contribution in [0.5, 0.6) is 0 Å². The lowest BCUT2D eigenvalue weighted by molar-refractivity contribution is -0.149. The Labute approximate surface area is 204 Å². The Morgan fingerprint density at radius 2 is 2.00 bits per heavy atom. The minimum Gasteiger partial charge on any atom is -0.462 e. The second-order valence-electron chi connectivity index (χ2n) is 12.8. The molecule has 0 saturated heterocycles. The number of aliphatic hydroxyl groups excluding tert-OH is 1. The fraction of sp³-hybridized carbons (Fsp3) is 0.828. The molecule has 5 aliphatic rings. The zero-order chi connectivity index (χ0) is 24.4. The van der Waals surface area contributed by atoms with E-state index in [2.05, 4.69) is 26.8 Å². The second-order valence-corrected chi connectivity index (χ2v) is 12.8. The van der Waals surface area contributed by atoms with Crippen LogP contribution >= 0.6 is 0 Å². The predicted molar refractivity (Wildman–Crippen MR) is 132 cm³/mol. The van der Waals surface area contributed by atoms with Gasteiger partial charge >= 0.3 is 5.97 Å². The predicted octanol–water partition coefficient (Wildman–Crippen LogP) is 5.15. The Bertz CT molecular complexity index is 923. The monoisotopic (exact) mass is 469 g/mol. The van der Waals surface area contributed by atoms with Crippen LogP contribution in [0.25, 0.3) is 0 Å². The van der Waals surface area contributed by atoms with Crippen molar-refractivity contribution in [3.63, 3.8) is 0 Å². The van der Waals surface area contributed by atoms with Crippen LogP contribution in [-0.2, 0) is 14.3 Å². The number of allylic oxidation sites excluding steroid dienone is 1. The standard InChI is InChI=1S/C29H43NO4/c1-16-15-30-24(14-25(16)33)17(2)27-26(34-18(3)31)13-23-21-7-6-19-12-20(32)8-10-28(19,4)22(21)9-11-29(23,27)5/h6,16-17,20-23,26-27,32H,7-15H2,1-5H3. The van der Waals surface area contributed by atoms with Gasteiger partial charge in [-0.2, -0.15) is 0 Å². The van der Waals surface area contributed by atoms with Gasteiger partial charge in [0, 0.05) is 43.4 Å². The van der Waals surface area contributed by atoms with Gasteiger partial charge in [-0.3, -0.25) is 14.6 Å². The third-order valence-electron chi connectivity index (χ3n) is 11.0. The number of hydrogen-bond acceptors (Lipinski definition) is 5. The van der Waals surface area contributed by atoms with E-state index >= 15 is 0 Å². The highest BCUT2D eigenvalue weighted by Crippen LogP contribution is 2.67. The molecule has 3 fully saturated rings. The summed E-state index contributed by atoms with van der Waals surface area (Å²) in [5.41, 5.74) is 2.78. The zero-order valence-electron chi connectivity index (χ0n) is 21.7. The Balaban J connectivity index is 1.47. The number of nitrogens with zero attached hydrogens (tertiary/aromatic N) is 1. The van der Waals surface area contributed by atoms with Crippen molar-refractivity contribution < 1.29 is 19.4 Å². The molecule has 5 rings (SSSR count). The molecular formula is C29H43NO4. The normalized spacial score (nSPS) is 47.0. The van der Waals surface area contributed by atoms with Gasteiger partial charge in [0.25, 0.3) is 0 Å². The van der Waals surface area contributed by atoms with Crippen LogP contribution < -0.4 is 0 Å². The van der Waals surface area contributed by atoms with Gasteiger partial charge in [-0.1, -0.05) is 39.3 Å². The molecule has 3 saturated carbocycles. The first-order chi connectivity index (χ1) is 16.0. The molecule has 0 aromatic heterocycles. The number of aliphatic hydroxyl groups is 1. The van der Waals surface area contributed by atoms with E-state index in [0.717, 1.165) is 44.2 Å². The van der Waals surface area contributed by atoms with Crippen molar-refractivity contribution in [2.45, 2.75) is 98.2 Å². The summed E-state index contributed by atoms with van der Waals surface area (Å²) in [6.45, 7) is 11.2. The minimum absolute atomic E-state index is 0.0144. The molecule has 10 unspecified atom stereocenters. The van der Waals surface area contributed by atoms with Crippen molar-refractivity contribution in [2.24, 2.45) is 51.3 Å². The maximum absolute atomic E-state index is 12.5. The molecule has 188 valence electrons. The topological polar surface area (TPSA) is 76.0 Å². The number of carbonyl (C=O) groups excluding carboxylic acids is 2. The van der Waals surface area contributed by atoms with E-state index in [9.17, 15) is 14.7 Å². The van der Waals surface area contributed by atoms with E-state index < -0.39 is 0 Å². The summed E-state index contributed by atoms with van der Waals surface area (Å²) in [6.07, 6.45) is 9.76. The smallest absolute Gasteiger partial charge is 0.302 e. The van der Waals surface area contributed by atoms with Crippen LogP contribution in [0.4, 0.5) is 0 Å². The molecule has 0 amide bonds. The molecule has 4 aliphatic carbocycles. The number of esters is 1. The number of carbonyl (C=O) groups is 2. The molecule has 34 heavy (non-hydrogen) atoms. The van der Waals surface area contributed by atoms with Crippen molar-refractivity contribution >= 4 is 17.5 Å². The van der Waals surface area contributed by atoms with Crippen molar-refractivity contribution in [2.75, 3.05) is 6.54 Å². The average molecular weight is 470 g/mol. The first-order valence-corrected chi connectivity index (χ1v) is 13.6. The van der Waals surface area contributed by atoms with Gasteiger partial charge in [-0.15, -0.1) is 0 Å². The van der Waals surface area contributed by atoms with E-state index in [0.29, 0.717) is 36.5 Å². The average Bonchev–Trinajstić information content (AvgIpc) is 3.06. The number of aliphatic imine (C=N–C) groups is 1. The molecule has 0 aromatic carbocycles. The Morgan fingerprint density at radius 3 is 2.71 bits per heavy atom. The summed E-state index contributed by atoms with van der Waals surface area (Å²) >= 11 is 0. The van der Waals surface area contributed by atoms with Gasteiger partial charge in [0.15, 0.2) is 0 Å². The van der Waals surface area contributed by atoms with Crippen LogP contribution in [-0.4, -0.2) is 41.3 Å².